The van der Waals surface area contributed by atoms with Crippen LogP contribution in [-0.2, 0) is 9.53 Å². The molecule has 6 N–H and O–H groups in total. The smallest absolute Gasteiger partial charge is 0.335 e. The molecule has 13 heteroatoms. The van der Waals surface area contributed by atoms with Crippen LogP contribution >= 0.6 is 0 Å². The highest BCUT2D eigenvalue weighted by Crippen LogP contribution is 2.43. The van der Waals surface area contributed by atoms with E-state index in [4.69, 9.17) is 23.4 Å². The van der Waals surface area contributed by atoms with Gasteiger partial charge in [0.25, 0.3) is 0 Å². The van der Waals surface area contributed by atoms with Crippen molar-refractivity contribution < 1.29 is 53.7 Å². The van der Waals surface area contributed by atoms with E-state index in [2.05, 4.69) is 5.32 Å². The van der Waals surface area contributed by atoms with Crippen molar-refractivity contribution in [3.8, 4) is 34.3 Å². The third kappa shape index (κ3) is 5.23. The van der Waals surface area contributed by atoms with Crippen LogP contribution in [0.3, 0.4) is 0 Å². The van der Waals surface area contributed by atoms with Crippen molar-refractivity contribution in [2.75, 3.05) is 27.3 Å². The summed E-state index contributed by atoms with van der Waals surface area (Å²) in [5.74, 6) is -2.07. The number of nitrogens with one attached hydrogen (secondary N) is 1. The Hall–Kier alpha value is -3.88. The van der Waals surface area contributed by atoms with Gasteiger partial charge in [0.05, 0.1) is 7.11 Å². The molecule has 13 nitrogen and oxygen atoms in total. The summed E-state index contributed by atoms with van der Waals surface area (Å²) in [4.78, 5) is 24.3. The first-order valence-electron chi connectivity index (χ1n) is 11.5. The Kier molecular flexibility index (Phi) is 8.04. The first kappa shape index (κ1) is 27.2. The van der Waals surface area contributed by atoms with E-state index < -0.39 is 47.9 Å². The first-order valence-corrected chi connectivity index (χ1v) is 11.5. The Bertz CT molecular complexity index is 1360. The lowest BCUT2D eigenvalue weighted by Crippen LogP contribution is -2.61. The monoisotopic (exact) mass is 533 g/mol. The fourth-order valence-electron chi connectivity index (χ4n) is 3.95. The molecule has 3 aromatic rings. The summed E-state index contributed by atoms with van der Waals surface area (Å²) in [5, 5.41) is 53.0. The first-order chi connectivity index (χ1) is 18.2. The summed E-state index contributed by atoms with van der Waals surface area (Å²) < 4.78 is 27.3. The zero-order valence-electron chi connectivity index (χ0n) is 20.4. The molecule has 38 heavy (non-hydrogen) atoms. The number of likely N-dealkylation sites (N-methyl/N-ethyl adjacent to an activating group) is 1. The fraction of sp³-hybridized carbons (Fsp3) is 0.360. The number of carboxylic acids is 1. The molecule has 204 valence electrons. The Balaban J connectivity index is 1.71. The highest BCUT2D eigenvalue weighted by molar-refractivity contribution is 5.89. The molecule has 0 spiro atoms. The Labute approximate surface area is 215 Å². The van der Waals surface area contributed by atoms with Crippen molar-refractivity contribution in [1.29, 1.82) is 0 Å². The number of benzene rings is 2. The molecule has 0 saturated carbocycles. The number of aliphatic hydroxyl groups is 3. The van der Waals surface area contributed by atoms with Gasteiger partial charge >= 0.3 is 5.97 Å². The van der Waals surface area contributed by atoms with Crippen LogP contribution in [-0.4, -0.2) is 89.5 Å². The number of rotatable bonds is 9. The number of fused-ring (bicyclic) bond motifs is 1. The van der Waals surface area contributed by atoms with E-state index in [0.29, 0.717) is 24.5 Å². The lowest BCUT2D eigenvalue weighted by atomic mass is 9.99. The number of hydrogen-bond donors (Lipinski definition) is 6. The number of phenolic OH excluding ortho intramolecular Hbond substituents is 1. The molecule has 0 bridgehead atoms. The zero-order chi connectivity index (χ0) is 27.6. The van der Waals surface area contributed by atoms with Crippen LogP contribution in [0, 0.1) is 0 Å². The Morgan fingerprint density at radius 2 is 1.79 bits per heavy atom. The van der Waals surface area contributed by atoms with Crippen LogP contribution in [0.1, 0.15) is 0 Å². The molecule has 1 aromatic heterocycles. The molecule has 0 amide bonds. The van der Waals surface area contributed by atoms with Gasteiger partial charge in [0.1, 0.15) is 47.4 Å². The van der Waals surface area contributed by atoms with E-state index in [1.807, 2.05) is 7.05 Å². The van der Waals surface area contributed by atoms with Crippen LogP contribution in [0.2, 0.25) is 0 Å². The van der Waals surface area contributed by atoms with Crippen molar-refractivity contribution in [3.05, 3.63) is 46.6 Å². The zero-order valence-corrected chi connectivity index (χ0v) is 20.4. The molecule has 1 aliphatic rings. The van der Waals surface area contributed by atoms with Gasteiger partial charge in [0, 0.05) is 24.2 Å². The second kappa shape index (κ2) is 11.2. The highest BCUT2D eigenvalue weighted by atomic mass is 16.7. The minimum atomic E-state index is -1.92. The van der Waals surface area contributed by atoms with Gasteiger partial charge in [-0.25, -0.2) is 4.79 Å². The van der Waals surface area contributed by atoms with Crippen molar-refractivity contribution in [2.24, 2.45) is 0 Å². The van der Waals surface area contributed by atoms with E-state index in [1.54, 1.807) is 24.3 Å². The lowest BCUT2D eigenvalue weighted by Gasteiger charge is -2.38. The number of hydrogen-bond acceptors (Lipinski definition) is 12. The van der Waals surface area contributed by atoms with Crippen LogP contribution in [0.25, 0.3) is 22.3 Å². The molecule has 0 unspecified atom stereocenters. The summed E-state index contributed by atoms with van der Waals surface area (Å²) in [7, 11) is 2.99. The molecule has 2 aromatic carbocycles. The number of aliphatic hydroxyl groups excluding tert-OH is 3. The van der Waals surface area contributed by atoms with Crippen molar-refractivity contribution in [1.82, 2.24) is 5.32 Å². The summed E-state index contributed by atoms with van der Waals surface area (Å²) in [6.45, 7) is 1.13. The quantitative estimate of drug-likeness (QED) is 0.202. The normalized spacial score (nSPS) is 23.2. The Morgan fingerprint density at radius 1 is 1.08 bits per heavy atom. The molecule has 5 atom stereocenters. The van der Waals surface area contributed by atoms with Gasteiger partial charge in [-0.1, -0.05) is 0 Å². The number of methoxy groups -OCH3 is 1. The highest BCUT2D eigenvalue weighted by Gasteiger charge is 2.48. The van der Waals surface area contributed by atoms with Gasteiger partial charge in [0.2, 0.25) is 12.0 Å². The predicted octanol–water partition coefficient (Wildman–Crippen LogP) is 0.0434. The van der Waals surface area contributed by atoms with Crippen LogP contribution in [0.5, 0.6) is 23.0 Å². The maximum atomic E-state index is 12.9. The number of ether oxygens (including phenoxy) is 4. The van der Waals surface area contributed by atoms with Crippen LogP contribution < -0.4 is 25.0 Å². The van der Waals surface area contributed by atoms with Crippen LogP contribution in [0.4, 0.5) is 0 Å². The van der Waals surface area contributed by atoms with Gasteiger partial charge < -0.3 is 54.2 Å². The van der Waals surface area contributed by atoms with Crippen molar-refractivity contribution in [3.63, 3.8) is 0 Å². The third-order valence-electron chi connectivity index (χ3n) is 5.93. The van der Waals surface area contributed by atoms with E-state index in [0.717, 1.165) is 0 Å². The minimum absolute atomic E-state index is 0.115. The molecule has 2 heterocycles. The summed E-state index contributed by atoms with van der Waals surface area (Å²) in [6.07, 6.45) is -9.39. The molecular formula is C25H27NO12. The predicted molar refractivity (Wildman–Crippen MR) is 131 cm³/mol. The lowest BCUT2D eigenvalue weighted by molar-refractivity contribution is -0.271. The van der Waals surface area contributed by atoms with Crippen LogP contribution in [0.15, 0.2) is 45.6 Å². The van der Waals surface area contributed by atoms with E-state index in [-0.39, 0.29) is 28.2 Å². The number of carbonyl (C=O) groups is 1. The van der Waals surface area contributed by atoms with Crippen molar-refractivity contribution >= 4 is 16.9 Å². The molecular weight excluding hydrogens is 506 g/mol. The maximum absolute atomic E-state index is 12.9. The third-order valence-corrected chi connectivity index (χ3v) is 5.93. The molecule has 1 fully saturated rings. The number of carboxylic acid groups (broad SMARTS) is 1. The van der Waals surface area contributed by atoms with E-state index in [1.165, 1.54) is 19.2 Å². The minimum Gasteiger partial charge on any atom is -0.504 e. The average Bonchev–Trinajstić information content (AvgIpc) is 2.89. The topological polar surface area (TPSA) is 197 Å². The molecule has 0 radical (unpaired) electrons. The standard InChI is InChI=1S/C25H27NO12/c1-26-7-8-35-12-5-3-11(4-6-12)14-9-13(27)17-15(36-14)10-16(22(34-2)18(17)28)37-25-21(31)19(29)20(30)23(38-25)24(32)33/h3-6,9-10,19-21,23,25-26,28-31H,7-8H2,1-2H3,(H,32,33)/t19-,20+,21-,23+,25+/m1/s1. The summed E-state index contributed by atoms with van der Waals surface area (Å²) >= 11 is 0. The number of aliphatic carboxylic acids is 1. The number of aromatic hydroxyl groups is 1. The summed E-state index contributed by atoms with van der Waals surface area (Å²) in [6, 6.07) is 9.17. The number of phenols is 1. The van der Waals surface area contributed by atoms with Gasteiger partial charge in [-0.15, -0.1) is 0 Å². The molecule has 4 rings (SSSR count). The summed E-state index contributed by atoms with van der Waals surface area (Å²) in [5.41, 5.74) is -0.164. The second-order valence-electron chi connectivity index (χ2n) is 8.43. The van der Waals surface area contributed by atoms with Gasteiger partial charge in [0.15, 0.2) is 23.0 Å². The fourth-order valence-corrected chi connectivity index (χ4v) is 3.95. The van der Waals surface area contributed by atoms with E-state index in [9.17, 15) is 35.1 Å². The largest absolute Gasteiger partial charge is 0.504 e. The molecule has 1 saturated heterocycles. The van der Waals surface area contributed by atoms with Gasteiger partial charge in [-0.3, -0.25) is 4.79 Å². The van der Waals surface area contributed by atoms with Gasteiger partial charge in [-0.2, -0.15) is 0 Å². The molecule has 1 aliphatic heterocycles. The second-order valence-corrected chi connectivity index (χ2v) is 8.43. The average molecular weight is 533 g/mol. The van der Waals surface area contributed by atoms with Crippen molar-refractivity contribution in [2.45, 2.75) is 30.7 Å². The maximum Gasteiger partial charge on any atom is 0.335 e. The van der Waals surface area contributed by atoms with Gasteiger partial charge in [-0.05, 0) is 31.3 Å². The molecule has 0 aliphatic carbocycles. The van der Waals surface area contributed by atoms with E-state index >= 15 is 0 Å². The Morgan fingerprint density at radius 3 is 2.42 bits per heavy atom. The SMILES string of the molecule is CNCCOc1ccc(-c2cc(=O)c3c(O)c(OC)c(O[C@H]4O[C@H](C(=O)O)[C@@H](O)[C@@H](O)[C@H]4O)cc3o2)cc1.